The lowest BCUT2D eigenvalue weighted by Gasteiger charge is -2.42. The predicted octanol–water partition coefficient (Wildman–Crippen LogP) is 3.41. The Labute approximate surface area is 107 Å². The minimum Gasteiger partial charge on any atom is -0.379 e. The second-order valence-electron chi connectivity index (χ2n) is 4.96. The molecule has 2 nitrogen and oxygen atoms in total. The maximum Gasteiger partial charge on any atom is 0.0622 e. The molecule has 0 bridgehead atoms. The van der Waals surface area contributed by atoms with Crippen LogP contribution in [-0.2, 0) is 10.2 Å². The van der Waals surface area contributed by atoms with Crippen LogP contribution < -0.4 is 0 Å². The molecule has 0 aromatic heterocycles. The number of nitriles is 1. The van der Waals surface area contributed by atoms with E-state index in [0.717, 1.165) is 19.6 Å². The molecule has 0 aliphatic carbocycles. The van der Waals surface area contributed by atoms with Crippen LogP contribution in [0.15, 0.2) is 42.5 Å². The molecule has 1 heterocycles. The van der Waals surface area contributed by atoms with Gasteiger partial charge in [-0.1, -0.05) is 42.5 Å². The fraction of sp³-hybridized carbons (Fsp3) is 0.312. The van der Waals surface area contributed by atoms with Crippen molar-refractivity contribution >= 4 is 10.8 Å². The summed E-state index contributed by atoms with van der Waals surface area (Å²) in [6.07, 6.45) is 1.48. The zero-order valence-electron chi connectivity index (χ0n) is 10.2. The molecular formula is C16H15NO. The lowest BCUT2D eigenvalue weighted by molar-refractivity contribution is -0.0629. The van der Waals surface area contributed by atoms with Crippen molar-refractivity contribution in [3.8, 4) is 6.07 Å². The van der Waals surface area contributed by atoms with Gasteiger partial charge < -0.3 is 4.74 Å². The second-order valence-corrected chi connectivity index (χ2v) is 4.96. The van der Waals surface area contributed by atoms with Crippen LogP contribution >= 0.6 is 0 Å². The molecule has 1 saturated heterocycles. The van der Waals surface area contributed by atoms with Crippen LogP contribution in [0.2, 0.25) is 0 Å². The van der Waals surface area contributed by atoms with Gasteiger partial charge in [0, 0.05) is 11.8 Å². The largest absolute Gasteiger partial charge is 0.379 e. The highest BCUT2D eigenvalue weighted by Gasteiger charge is 2.40. The molecule has 90 valence electrons. The van der Waals surface area contributed by atoms with Gasteiger partial charge in [0.05, 0.1) is 19.3 Å². The molecule has 1 aliphatic rings. The number of hydrogen-bond donors (Lipinski definition) is 0. The number of nitrogens with zero attached hydrogens (tertiary/aromatic N) is 1. The Hall–Kier alpha value is -1.85. The fourth-order valence-corrected chi connectivity index (χ4v) is 2.77. The first-order valence-electron chi connectivity index (χ1n) is 6.29. The molecule has 2 aromatic carbocycles. The second kappa shape index (κ2) is 4.44. The topological polar surface area (TPSA) is 33.0 Å². The Balaban J connectivity index is 2.10. The van der Waals surface area contributed by atoms with Gasteiger partial charge in [-0.25, -0.2) is 0 Å². The summed E-state index contributed by atoms with van der Waals surface area (Å²) in [7, 11) is 0. The summed E-state index contributed by atoms with van der Waals surface area (Å²) in [4.78, 5) is 0. The van der Waals surface area contributed by atoms with Crippen LogP contribution in [0.25, 0.3) is 10.8 Å². The third kappa shape index (κ3) is 1.68. The van der Waals surface area contributed by atoms with Gasteiger partial charge in [-0.15, -0.1) is 0 Å². The predicted molar refractivity (Wildman–Crippen MR) is 71.3 cm³/mol. The first kappa shape index (κ1) is 11.3. The summed E-state index contributed by atoms with van der Waals surface area (Å²) in [5, 5.41) is 11.4. The highest BCUT2D eigenvalue weighted by atomic mass is 16.5. The van der Waals surface area contributed by atoms with E-state index in [1.807, 2.05) is 0 Å². The Bertz CT molecular complexity index is 603. The van der Waals surface area contributed by atoms with Crippen molar-refractivity contribution < 1.29 is 4.74 Å². The van der Waals surface area contributed by atoms with Crippen molar-refractivity contribution in [3.05, 3.63) is 48.0 Å². The standard InChI is InChI=1S/C16H15NO/c17-10-4-9-16(11-18-12-16)15-8-3-6-13-5-1-2-7-14(13)15/h1-3,5-8H,4,9,11-12H2. The molecule has 0 N–H and O–H groups in total. The number of benzene rings is 2. The SMILES string of the molecule is N#CCCC1(c2cccc3ccccc23)COC1. The fourth-order valence-electron chi connectivity index (χ4n) is 2.77. The van der Waals surface area contributed by atoms with E-state index < -0.39 is 0 Å². The third-order valence-corrected chi connectivity index (χ3v) is 3.83. The van der Waals surface area contributed by atoms with Crippen molar-refractivity contribution in [1.82, 2.24) is 0 Å². The molecular weight excluding hydrogens is 222 g/mol. The van der Waals surface area contributed by atoms with E-state index >= 15 is 0 Å². The lowest BCUT2D eigenvalue weighted by Crippen LogP contribution is -2.46. The van der Waals surface area contributed by atoms with Crippen molar-refractivity contribution in [2.45, 2.75) is 18.3 Å². The molecule has 0 atom stereocenters. The highest BCUT2D eigenvalue weighted by Crippen LogP contribution is 2.40. The molecule has 0 radical (unpaired) electrons. The van der Waals surface area contributed by atoms with Crippen molar-refractivity contribution in [1.29, 1.82) is 5.26 Å². The Kier molecular flexibility index (Phi) is 2.77. The maximum atomic E-state index is 8.82. The van der Waals surface area contributed by atoms with Crippen LogP contribution in [-0.4, -0.2) is 13.2 Å². The number of rotatable bonds is 3. The van der Waals surface area contributed by atoms with Crippen molar-refractivity contribution in [3.63, 3.8) is 0 Å². The van der Waals surface area contributed by atoms with Crippen molar-refractivity contribution in [2.75, 3.05) is 13.2 Å². The molecule has 0 amide bonds. The van der Waals surface area contributed by atoms with E-state index in [2.05, 4.69) is 48.5 Å². The number of fused-ring (bicyclic) bond motifs is 1. The van der Waals surface area contributed by atoms with E-state index in [4.69, 9.17) is 10.00 Å². The molecule has 1 fully saturated rings. The Morgan fingerprint density at radius 3 is 2.61 bits per heavy atom. The zero-order valence-corrected chi connectivity index (χ0v) is 10.2. The minimum atomic E-state index is 0.0522. The minimum absolute atomic E-state index is 0.0522. The first-order chi connectivity index (χ1) is 8.86. The quantitative estimate of drug-likeness (QED) is 0.819. The summed E-state index contributed by atoms with van der Waals surface area (Å²) >= 11 is 0. The lowest BCUT2D eigenvalue weighted by atomic mass is 9.73. The van der Waals surface area contributed by atoms with E-state index in [9.17, 15) is 0 Å². The monoisotopic (exact) mass is 237 g/mol. The zero-order chi connectivity index (χ0) is 12.4. The van der Waals surface area contributed by atoms with Gasteiger partial charge in [0.1, 0.15) is 0 Å². The summed E-state index contributed by atoms with van der Waals surface area (Å²) in [5.41, 5.74) is 1.39. The number of hydrogen-bond acceptors (Lipinski definition) is 2. The van der Waals surface area contributed by atoms with Crippen LogP contribution in [0.4, 0.5) is 0 Å². The summed E-state index contributed by atoms with van der Waals surface area (Å²) < 4.78 is 5.43. The average molecular weight is 237 g/mol. The van der Waals surface area contributed by atoms with E-state index in [-0.39, 0.29) is 5.41 Å². The van der Waals surface area contributed by atoms with Gasteiger partial charge in [-0.3, -0.25) is 0 Å². The third-order valence-electron chi connectivity index (χ3n) is 3.83. The molecule has 2 aromatic rings. The Morgan fingerprint density at radius 1 is 1.11 bits per heavy atom. The molecule has 3 rings (SSSR count). The van der Waals surface area contributed by atoms with Crippen LogP contribution in [0, 0.1) is 11.3 Å². The first-order valence-corrected chi connectivity index (χ1v) is 6.29. The van der Waals surface area contributed by atoms with Crippen LogP contribution in [0.1, 0.15) is 18.4 Å². The summed E-state index contributed by atoms with van der Waals surface area (Å²) in [5.74, 6) is 0. The maximum absolute atomic E-state index is 8.82. The smallest absolute Gasteiger partial charge is 0.0622 e. The molecule has 1 aliphatic heterocycles. The number of ether oxygens (including phenoxy) is 1. The summed E-state index contributed by atoms with van der Waals surface area (Å²) in [6.45, 7) is 1.48. The van der Waals surface area contributed by atoms with E-state index in [0.29, 0.717) is 6.42 Å². The van der Waals surface area contributed by atoms with Gasteiger partial charge in [0.25, 0.3) is 0 Å². The summed E-state index contributed by atoms with van der Waals surface area (Å²) in [6, 6.07) is 17.1. The highest BCUT2D eigenvalue weighted by molar-refractivity contribution is 5.86. The molecule has 0 saturated carbocycles. The van der Waals surface area contributed by atoms with E-state index in [1.54, 1.807) is 0 Å². The van der Waals surface area contributed by atoms with Gasteiger partial charge in [-0.2, -0.15) is 5.26 Å². The van der Waals surface area contributed by atoms with E-state index in [1.165, 1.54) is 16.3 Å². The average Bonchev–Trinajstić information content (AvgIpc) is 2.38. The molecule has 0 spiro atoms. The van der Waals surface area contributed by atoms with Gasteiger partial charge in [0.2, 0.25) is 0 Å². The van der Waals surface area contributed by atoms with Gasteiger partial charge in [0.15, 0.2) is 0 Å². The van der Waals surface area contributed by atoms with Gasteiger partial charge >= 0.3 is 0 Å². The Morgan fingerprint density at radius 2 is 1.89 bits per heavy atom. The van der Waals surface area contributed by atoms with Crippen LogP contribution in [0.5, 0.6) is 0 Å². The van der Waals surface area contributed by atoms with Crippen molar-refractivity contribution in [2.24, 2.45) is 0 Å². The molecule has 18 heavy (non-hydrogen) atoms. The van der Waals surface area contributed by atoms with Gasteiger partial charge in [-0.05, 0) is 22.8 Å². The van der Waals surface area contributed by atoms with Crippen LogP contribution in [0.3, 0.4) is 0 Å². The molecule has 2 heteroatoms. The molecule has 0 unspecified atom stereocenters. The normalized spacial score (nSPS) is 17.1.